The third-order valence-electron chi connectivity index (χ3n) is 1.42. The molecule has 0 saturated heterocycles. The van der Waals surface area contributed by atoms with Crippen LogP contribution in [0.25, 0.3) is 0 Å². The van der Waals surface area contributed by atoms with Crippen LogP contribution in [0, 0.1) is 0 Å². The van der Waals surface area contributed by atoms with Crippen molar-refractivity contribution in [3.05, 3.63) is 12.2 Å². The highest BCUT2D eigenvalue weighted by atomic mass is 16.6. The highest BCUT2D eigenvalue weighted by molar-refractivity contribution is 5.82. The summed E-state index contributed by atoms with van der Waals surface area (Å²) in [6, 6.07) is 0. The second-order valence-corrected chi connectivity index (χ2v) is 4.14. The topological polar surface area (TPSA) is 64.6 Å². The van der Waals surface area contributed by atoms with Gasteiger partial charge in [0.2, 0.25) is 0 Å². The molecule has 0 atom stereocenters. The highest BCUT2D eigenvalue weighted by Crippen LogP contribution is 2.06. The molecule has 1 N–H and O–H groups in total. The zero-order valence-electron chi connectivity index (χ0n) is 10.2. The third-order valence-corrected chi connectivity index (χ3v) is 1.42. The van der Waals surface area contributed by atoms with Crippen LogP contribution >= 0.6 is 0 Å². The van der Waals surface area contributed by atoms with Crippen molar-refractivity contribution in [2.24, 2.45) is 0 Å². The molecule has 0 saturated carbocycles. The van der Waals surface area contributed by atoms with E-state index in [1.165, 1.54) is 13.2 Å². The Hall–Kier alpha value is -1.36. The van der Waals surface area contributed by atoms with Crippen LogP contribution in [0.4, 0.5) is 0 Å². The average Bonchev–Trinajstić information content (AvgIpc) is 2.14. The molecule has 0 aromatic carbocycles. The molecule has 0 aromatic rings. The Balaban J connectivity index is 3.69. The molecule has 0 bridgehead atoms. The van der Waals surface area contributed by atoms with Gasteiger partial charge in [-0.3, -0.25) is 4.79 Å². The summed E-state index contributed by atoms with van der Waals surface area (Å²) in [6.45, 7) is 5.93. The summed E-state index contributed by atoms with van der Waals surface area (Å²) in [7, 11) is 1.32. The molecular weight excluding hydrogens is 210 g/mol. The molecule has 92 valence electrons. The van der Waals surface area contributed by atoms with E-state index in [1.807, 2.05) is 0 Å². The van der Waals surface area contributed by atoms with Crippen LogP contribution in [0.2, 0.25) is 0 Å². The molecule has 0 radical (unpaired) electrons. The average molecular weight is 229 g/mol. The lowest BCUT2D eigenvalue weighted by Gasteiger charge is -2.17. The van der Waals surface area contributed by atoms with Gasteiger partial charge in [0.1, 0.15) is 5.60 Å². The van der Waals surface area contributed by atoms with Gasteiger partial charge in [-0.25, -0.2) is 4.79 Å². The maximum absolute atomic E-state index is 11.2. The lowest BCUT2D eigenvalue weighted by Crippen LogP contribution is -2.24. The molecular formula is C11H19NO4. The lowest BCUT2D eigenvalue weighted by atomic mass is 10.2. The van der Waals surface area contributed by atoms with E-state index in [0.717, 1.165) is 0 Å². The van der Waals surface area contributed by atoms with Gasteiger partial charge in [0.05, 0.1) is 13.7 Å². The fraction of sp³-hybridized carbons (Fsp3) is 0.636. The van der Waals surface area contributed by atoms with Crippen molar-refractivity contribution in [2.45, 2.75) is 26.4 Å². The van der Waals surface area contributed by atoms with E-state index in [-0.39, 0.29) is 12.5 Å². The van der Waals surface area contributed by atoms with Crippen molar-refractivity contribution < 1.29 is 19.1 Å². The molecule has 0 spiro atoms. The monoisotopic (exact) mass is 229 g/mol. The molecule has 0 aromatic heterocycles. The Kier molecular flexibility index (Phi) is 6.41. The van der Waals surface area contributed by atoms with Gasteiger partial charge in [-0.2, -0.15) is 0 Å². The molecule has 5 heteroatoms. The standard InChI is InChI=1S/C11H19NO4/c1-11(2,3)16-9(13)6-5-7-12-8-10(14)15-4/h5-6,12H,7-8H2,1-4H3. The molecule has 0 aliphatic heterocycles. The maximum atomic E-state index is 11.2. The lowest BCUT2D eigenvalue weighted by molar-refractivity contribution is -0.148. The third kappa shape index (κ3) is 9.21. The Bertz CT molecular complexity index is 266. The summed E-state index contributed by atoms with van der Waals surface area (Å²) in [5.74, 6) is -0.738. The van der Waals surface area contributed by atoms with Crippen LogP contribution in [0.15, 0.2) is 12.2 Å². The van der Waals surface area contributed by atoms with Crippen molar-refractivity contribution in [3.63, 3.8) is 0 Å². The number of nitrogens with one attached hydrogen (secondary N) is 1. The van der Waals surface area contributed by atoms with Crippen LogP contribution < -0.4 is 5.32 Å². The first-order valence-corrected chi connectivity index (χ1v) is 5.02. The van der Waals surface area contributed by atoms with Gasteiger partial charge in [-0.05, 0) is 20.8 Å². The summed E-state index contributed by atoms with van der Waals surface area (Å²) in [6.07, 6.45) is 2.92. The summed E-state index contributed by atoms with van der Waals surface area (Å²) < 4.78 is 9.47. The maximum Gasteiger partial charge on any atom is 0.330 e. The number of carbonyl (C=O) groups excluding carboxylic acids is 2. The second-order valence-electron chi connectivity index (χ2n) is 4.14. The van der Waals surface area contributed by atoms with Crippen molar-refractivity contribution >= 4 is 11.9 Å². The van der Waals surface area contributed by atoms with E-state index in [4.69, 9.17) is 4.74 Å². The van der Waals surface area contributed by atoms with Crippen molar-refractivity contribution in [3.8, 4) is 0 Å². The molecule has 0 fully saturated rings. The Morgan fingerprint density at radius 3 is 2.44 bits per heavy atom. The predicted octanol–water partition coefficient (Wildman–Crippen LogP) is 0.647. The van der Waals surface area contributed by atoms with Crippen molar-refractivity contribution in [1.29, 1.82) is 0 Å². The van der Waals surface area contributed by atoms with Gasteiger partial charge in [0.25, 0.3) is 0 Å². The van der Waals surface area contributed by atoms with Crippen LogP contribution in [0.5, 0.6) is 0 Å². The number of rotatable bonds is 5. The number of ether oxygens (including phenoxy) is 2. The number of hydrogen-bond donors (Lipinski definition) is 1. The predicted molar refractivity (Wildman–Crippen MR) is 59.9 cm³/mol. The zero-order valence-corrected chi connectivity index (χ0v) is 10.2. The number of carbonyl (C=O) groups is 2. The summed E-state index contributed by atoms with van der Waals surface area (Å²) >= 11 is 0. The normalized spacial score (nSPS) is 11.5. The summed E-state index contributed by atoms with van der Waals surface area (Å²) in [4.78, 5) is 21.9. The van der Waals surface area contributed by atoms with Gasteiger partial charge in [0, 0.05) is 12.6 Å². The number of hydrogen-bond acceptors (Lipinski definition) is 5. The second kappa shape index (κ2) is 7.00. The van der Waals surface area contributed by atoms with Crippen LogP contribution in [-0.2, 0) is 19.1 Å². The quantitative estimate of drug-likeness (QED) is 0.426. The van der Waals surface area contributed by atoms with E-state index in [1.54, 1.807) is 26.8 Å². The molecule has 0 aliphatic rings. The van der Waals surface area contributed by atoms with E-state index in [9.17, 15) is 9.59 Å². The molecule has 0 unspecified atom stereocenters. The fourth-order valence-electron chi connectivity index (χ4n) is 0.821. The largest absolute Gasteiger partial charge is 0.468 e. The SMILES string of the molecule is COC(=O)CNCC=CC(=O)OC(C)(C)C. The van der Waals surface area contributed by atoms with Gasteiger partial charge in [0.15, 0.2) is 0 Å². The van der Waals surface area contributed by atoms with Gasteiger partial charge in [-0.1, -0.05) is 6.08 Å². The molecule has 0 amide bonds. The van der Waals surface area contributed by atoms with E-state index in [2.05, 4.69) is 10.1 Å². The zero-order chi connectivity index (χ0) is 12.6. The van der Waals surface area contributed by atoms with E-state index >= 15 is 0 Å². The number of methoxy groups -OCH3 is 1. The van der Waals surface area contributed by atoms with E-state index < -0.39 is 11.6 Å². The molecule has 0 aliphatic carbocycles. The molecule has 0 heterocycles. The van der Waals surface area contributed by atoms with Crippen molar-refractivity contribution in [2.75, 3.05) is 20.2 Å². The Morgan fingerprint density at radius 1 is 1.31 bits per heavy atom. The molecule has 5 nitrogen and oxygen atoms in total. The van der Waals surface area contributed by atoms with Crippen LogP contribution in [0.1, 0.15) is 20.8 Å². The summed E-state index contributed by atoms with van der Waals surface area (Å²) in [5.41, 5.74) is -0.485. The van der Waals surface area contributed by atoms with Crippen LogP contribution in [0.3, 0.4) is 0 Å². The first-order valence-electron chi connectivity index (χ1n) is 5.02. The van der Waals surface area contributed by atoms with E-state index in [0.29, 0.717) is 6.54 Å². The Morgan fingerprint density at radius 2 is 1.94 bits per heavy atom. The molecule has 0 rings (SSSR count). The van der Waals surface area contributed by atoms with Gasteiger partial charge < -0.3 is 14.8 Å². The number of esters is 2. The van der Waals surface area contributed by atoms with Gasteiger partial charge in [-0.15, -0.1) is 0 Å². The Labute approximate surface area is 95.8 Å². The minimum absolute atomic E-state index is 0.120. The minimum Gasteiger partial charge on any atom is -0.468 e. The molecule has 16 heavy (non-hydrogen) atoms. The highest BCUT2D eigenvalue weighted by Gasteiger charge is 2.13. The summed E-state index contributed by atoms with van der Waals surface area (Å²) in [5, 5.41) is 2.79. The van der Waals surface area contributed by atoms with Crippen LogP contribution in [-0.4, -0.2) is 37.7 Å². The fourth-order valence-corrected chi connectivity index (χ4v) is 0.821. The van der Waals surface area contributed by atoms with Gasteiger partial charge >= 0.3 is 11.9 Å². The smallest absolute Gasteiger partial charge is 0.330 e. The van der Waals surface area contributed by atoms with Crippen molar-refractivity contribution in [1.82, 2.24) is 5.32 Å². The minimum atomic E-state index is -0.485. The first-order chi connectivity index (χ1) is 7.35. The first kappa shape index (κ1) is 14.6.